The van der Waals surface area contributed by atoms with Crippen LogP contribution in [0, 0.1) is 12.8 Å². The normalized spacial score (nSPS) is 26.3. The molecule has 3 atom stereocenters. The molecule has 1 aromatic rings. The Morgan fingerprint density at radius 2 is 1.68 bits per heavy atom. The number of carbonyl (C=O) groups excluding carboxylic acids is 2. The standard InChI is InChI=1S/C20H29N3O2/c1-12(2)18(23-19(24)14-6-4-13(3)5-7-14)20(25)22-17-10-15-8-9-16(11-17)21-15/h4-7,12,15-18,21H,8-11H2,1-3H3,(H,22,25)(H,23,24). The van der Waals surface area contributed by atoms with Gasteiger partial charge in [-0.25, -0.2) is 0 Å². The van der Waals surface area contributed by atoms with Crippen molar-refractivity contribution < 1.29 is 9.59 Å². The predicted octanol–water partition coefficient (Wildman–Crippen LogP) is 2.15. The van der Waals surface area contributed by atoms with E-state index in [1.165, 1.54) is 12.8 Å². The summed E-state index contributed by atoms with van der Waals surface area (Å²) in [4.78, 5) is 25.2. The van der Waals surface area contributed by atoms with Crippen LogP contribution in [0.15, 0.2) is 24.3 Å². The van der Waals surface area contributed by atoms with Crippen LogP contribution < -0.4 is 16.0 Å². The van der Waals surface area contributed by atoms with Crippen molar-refractivity contribution in [1.29, 1.82) is 0 Å². The Hall–Kier alpha value is -1.88. The van der Waals surface area contributed by atoms with E-state index in [1.54, 1.807) is 12.1 Å². The molecule has 2 aliphatic rings. The number of hydrogen-bond acceptors (Lipinski definition) is 3. The molecule has 5 nitrogen and oxygen atoms in total. The first-order valence-corrected chi connectivity index (χ1v) is 9.36. The number of aryl methyl sites for hydroxylation is 1. The number of rotatable bonds is 5. The summed E-state index contributed by atoms with van der Waals surface area (Å²) in [5.74, 6) is -0.228. The highest BCUT2D eigenvalue weighted by atomic mass is 16.2. The molecule has 5 heteroatoms. The molecule has 0 saturated carbocycles. The van der Waals surface area contributed by atoms with E-state index in [1.807, 2.05) is 32.9 Å². The maximum absolute atomic E-state index is 12.8. The first kappa shape index (κ1) is 17.9. The zero-order valence-corrected chi connectivity index (χ0v) is 15.3. The zero-order valence-electron chi connectivity index (χ0n) is 15.3. The number of nitrogens with one attached hydrogen (secondary N) is 3. The fourth-order valence-corrected chi connectivity index (χ4v) is 3.93. The smallest absolute Gasteiger partial charge is 0.251 e. The molecular formula is C20H29N3O2. The number of amides is 2. The highest BCUT2D eigenvalue weighted by Gasteiger charge is 2.35. The van der Waals surface area contributed by atoms with Gasteiger partial charge in [0, 0.05) is 23.7 Å². The lowest BCUT2D eigenvalue weighted by atomic mass is 9.97. The van der Waals surface area contributed by atoms with Crippen LogP contribution in [0.1, 0.15) is 55.5 Å². The maximum atomic E-state index is 12.8. The molecule has 0 spiro atoms. The number of benzene rings is 1. The van der Waals surface area contributed by atoms with E-state index < -0.39 is 6.04 Å². The van der Waals surface area contributed by atoms with Gasteiger partial charge < -0.3 is 16.0 Å². The molecular weight excluding hydrogens is 314 g/mol. The Balaban J connectivity index is 1.61. The largest absolute Gasteiger partial charge is 0.351 e. The van der Waals surface area contributed by atoms with E-state index in [0.717, 1.165) is 18.4 Å². The van der Waals surface area contributed by atoms with Gasteiger partial charge in [-0.05, 0) is 50.7 Å². The monoisotopic (exact) mass is 343 g/mol. The van der Waals surface area contributed by atoms with Gasteiger partial charge >= 0.3 is 0 Å². The Kier molecular flexibility index (Phi) is 5.42. The highest BCUT2D eigenvalue weighted by molar-refractivity contribution is 5.97. The lowest BCUT2D eigenvalue weighted by Gasteiger charge is -2.31. The summed E-state index contributed by atoms with van der Waals surface area (Å²) in [6, 6.07) is 8.17. The Morgan fingerprint density at radius 1 is 1.08 bits per heavy atom. The Morgan fingerprint density at radius 3 is 2.24 bits per heavy atom. The summed E-state index contributed by atoms with van der Waals surface area (Å²) in [6.07, 6.45) is 4.38. The quantitative estimate of drug-likeness (QED) is 0.767. The molecule has 2 amide bonds. The van der Waals surface area contributed by atoms with Gasteiger partial charge in [-0.15, -0.1) is 0 Å². The fourth-order valence-electron chi connectivity index (χ4n) is 3.93. The lowest BCUT2D eigenvalue weighted by Crippen LogP contribution is -2.55. The molecule has 0 aliphatic carbocycles. The molecule has 2 heterocycles. The summed E-state index contributed by atoms with van der Waals surface area (Å²) in [7, 11) is 0. The van der Waals surface area contributed by atoms with Crippen LogP contribution in [0.4, 0.5) is 0 Å². The van der Waals surface area contributed by atoms with Gasteiger partial charge in [-0.3, -0.25) is 9.59 Å². The molecule has 3 N–H and O–H groups in total. The van der Waals surface area contributed by atoms with Crippen molar-refractivity contribution in [3.63, 3.8) is 0 Å². The summed E-state index contributed by atoms with van der Waals surface area (Å²) in [6.45, 7) is 5.91. The zero-order chi connectivity index (χ0) is 18.0. The van der Waals surface area contributed by atoms with Crippen molar-refractivity contribution in [2.75, 3.05) is 0 Å². The predicted molar refractivity (Wildman–Crippen MR) is 98.4 cm³/mol. The number of fused-ring (bicyclic) bond motifs is 2. The van der Waals surface area contributed by atoms with E-state index in [-0.39, 0.29) is 23.8 Å². The summed E-state index contributed by atoms with van der Waals surface area (Å²) in [5.41, 5.74) is 1.69. The highest BCUT2D eigenvalue weighted by Crippen LogP contribution is 2.26. The SMILES string of the molecule is Cc1ccc(C(=O)NC(C(=O)NC2CC3CCC(C2)N3)C(C)C)cc1. The van der Waals surface area contributed by atoms with E-state index in [4.69, 9.17) is 0 Å². The number of carbonyl (C=O) groups is 2. The lowest BCUT2D eigenvalue weighted by molar-refractivity contribution is -0.124. The fraction of sp³-hybridized carbons (Fsp3) is 0.600. The van der Waals surface area contributed by atoms with E-state index in [2.05, 4.69) is 16.0 Å². The number of piperidine rings is 1. The topological polar surface area (TPSA) is 70.2 Å². The number of hydrogen-bond donors (Lipinski definition) is 3. The molecule has 2 bridgehead atoms. The second kappa shape index (κ2) is 7.56. The molecule has 1 aromatic carbocycles. The first-order valence-electron chi connectivity index (χ1n) is 9.36. The van der Waals surface area contributed by atoms with Crippen LogP contribution in [0.2, 0.25) is 0 Å². The van der Waals surface area contributed by atoms with Crippen LogP contribution in [0.5, 0.6) is 0 Å². The minimum Gasteiger partial charge on any atom is -0.351 e. The third kappa shape index (κ3) is 4.40. The third-order valence-electron chi connectivity index (χ3n) is 5.37. The van der Waals surface area contributed by atoms with Crippen molar-refractivity contribution in [2.45, 2.75) is 70.6 Å². The first-order chi connectivity index (χ1) is 11.9. The third-order valence-corrected chi connectivity index (χ3v) is 5.37. The van der Waals surface area contributed by atoms with Gasteiger partial charge in [0.05, 0.1) is 0 Å². The molecule has 2 fully saturated rings. The van der Waals surface area contributed by atoms with E-state index >= 15 is 0 Å². The molecule has 0 aromatic heterocycles. The summed E-state index contributed by atoms with van der Waals surface area (Å²) < 4.78 is 0. The minimum absolute atomic E-state index is 0.0350. The second-order valence-electron chi connectivity index (χ2n) is 7.88. The second-order valence-corrected chi connectivity index (χ2v) is 7.88. The van der Waals surface area contributed by atoms with Crippen LogP contribution in [0.3, 0.4) is 0 Å². The average molecular weight is 343 g/mol. The summed E-state index contributed by atoms with van der Waals surface area (Å²) in [5, 5.41) is 9.67. The van der Waals surface area contributed by atoms with Gasteiger partial charge in [0.1, 0.15) is 6.04 Å². The van der Waals surface area contributed by atoms with Crippen molar-refractivity contribution in [2.24, 2.45) is 5.92 Å². The van der Waals surface area contributed by atoms with Crippen LogP contribution in [-0.2, 0) is 4.79 Å². The van der Waals surface area contributed by atoms with Crippen molar-refractivity contribution in [1.82, 2.24) is 16.0 Å². The minimum atomic E-state index is -0.513. The molecule has 0 radical (unpaired) electrons. The maximum Gasteiger partial charge on any atom is 0.251 e. The average Bonchev–Trinajstić information content (AvgIpc) is 2.91. The van der Waals surface area contributed by atoms with Crippen molar-refractivity contribution >= 4 is 11.8 Å². The van der Waals surface area contributed by atoms with Crippen LogP contribution >= 0.6 is 0 Å². The van der Waals surface area contributed by atoms with Gasteiger partial charge in [-0.1, -0.05) is 31.5 Å². The van der Waals surface area contributed by atoms with Gasteiger partial charge in [0.2, 0.25) is 5.91 Å². The van der Waals surface area contributed by atoms with Crippen LogP contribution in [-0.4, -0.2) is 36.0 Å². The van der Waals surface area contributed by atoms with Gasteiger partial charge in [0.25, 0.3) is 5.91 Å². The molecule has 2 aliphatic heterocycles. The molecule has 136 valence electrons. The van der Waals surface area contributed by atoms with Crippen LogP contribution in [0.25, 0.3) is 0 Å². The molecule has 3 rings (SSSR count). The van der Waals surface area contributed by atoms with E-state index in [9.17, 15) is 9.59 Å². The van der Waals surface area contributed by atoms with Gasteiger partial charge in [0.15, 0.2) is 0 Å². The van der Waals surface area contributed by atoms with Crippen molar-refractivity contribution in [3.8, 4) is 0 Å². The van der Waals surface area contributed by atoms with Gasteiger partial charge in [-0.2, -0.15) is 0 Å². The Bertz CT molecular complexity index is 614. The molecule has 3 unspecified atom stereocenters. The molecule has 25 heavy (non-hydrogen) atoms. The molecule has 2 saturated heterocycles. The summed E-state index contributed by atoms with van der Waals surface area (Å²) >= 11 is 0. The van der Waals surface area contributed by atoms with E-state index in [0.29, 0.717) is 17.6 Å². The Labute approximate surface area is 150 Å². The van der Waals surface area contributed by atoms with Crippen molar-refractivity contribution in [3.05, 3.63) is 35.4 Å².